The van der Waals surface area contributed by atoms with Crippen molar-refractivity contribution in [3.8, 4) is 0 Å². The number of benzene rings is 1. The van der Waals surface area contributed by atoms with Crippen LogP contribution in [0, 0.1) is 11.6 Å². The summed E-state index contributed by atoms with van der Waals surface area (Å²) in [7, 11) is 0. The minimum absolute atomic E-state index is 0.00903. The van der Waals surface area contributed by atoms with Gasteiger partial charge in [0.1, 0.15) is 11.6 Å². The average molecular weight is 184 g/mol. The molecule has 1 N–H and O–H groups in total. The topological polar surface area (TPSA) is 29.1 Å². The van der Waals surface area contributed by atoms with E-state index in [0.717, 1.165) is 0 Å². The third kappa shape index (κ3) is 2.50. The van der Waals surface area contributed by atoms with Gasteiger partial charge in [-0.05, 0) is 18.6 Å². The Balaban J connectivity index is 2.69. The molecule has 0 aliphatic rings. The fourth-order valence-electron chi connectivity index (χ4n) is 1.01. The fraction of sp³-hybridized carbons (Fsp3) is 0.222. The average Bonchev–Trinajstić information content (AvgIpc) is 2.10. The van der Waals surface area contributed by atoms with Crippen LogP contribution in [0.4, 0.5) is 8.78 Å². The van der Waals surface area contributed by atoms with E-state index in [0.29, 0.717) is 0 Å². The minimum Gasteiger partial charge on any atom is -0.348 e. The van der Waals surface area contributed by atoms with Crippen molar-refractivity contribution in [2.75, 3.05) is 6.54 Å². The molecule has 1 aromatic rings. The lowest BCUT2D eigenvalue weighted by Crippen LogP contribution is -2.15. The van der Waals surface area contributed by atoms with Crippen LogP contribution >= 0.6 is 0 Å². The largest absolute Gasteiger partial charge is 0.348 e. The zero-order chi connectivity index (χ0) is 9.68. The Morgan fingerprint density at radius 2 is 1.92 bits per heavy atom. The number of nitrogens with one attached hydrogen (secondary N) is 1. The maximum Gasteiger partial charge on any atom is 0.309 e. The van der Waals surface area contributed by atoms with Crippen molar-refractivity contribution in [3.63, 3.8) is 0 Å². The van der Waals surface area contributed by atoms with Gasteiger partial charge in [-0.3, -0.25) is 4.79 Å². The zero-order valence-corrected chi connectivity index (χ0v) is 6.81. The second-order valence-electron chi connectivity index (χ2n) is 2.48. The van der Waals surface area contributed by atoms with Gasteiger partial charge in [-0.2, -0.15) is 0 Å². The van der Waals surface area contributed by atoms with Crippen molar-refractivity contribution >= 4 is 6.41 Å². The van der Waals surface area contributed by atoms with Crippen LogP contribution in [0.25, 0.3) is 0 Å². The van der Waals surface area contributed by atoms with Gasteiger partial charge in [-0.1, -0.05) is 6.07 Å². The third-order valence-electron chi connectivity index (χ3n) is 1.63. The molecule has 0 saturated carbocycles. The highest BCUT2D eigenvalue weighted by Crippen LogP contribution is 2.11. The standard InChI is InChI=1S/C9H8F2NO/c10-8-2-1-3-9(11)7(8)4-5-12-6-13/h1-3H,4-5H2,(H,12,13). The monoisotopic (exact) mass is 184 g/mol. The first-order chi connectivity index (χ1) is 6.25. The lowest BCUT2D eigenvalue weighted by Gasteiger charge is -2.02. The molecule has 69 valence electrons. The maximum absolute atomic E-state index is 12.9. The Bertz CT molecular complexity index is 281. The summed E-state index contributed by atoms with van der Waals surface area (Å²) in [5, 5.41) is 2.21. The van der Waals surface area contributed by atoms with Gasteiger partial charge in [0.15, 0.2) is 0 Å². The van der Waals surface area contributed by atoms with Gasteiger partial charge < -0.3 is 5.32 Å². The van der Waals surface area contributed by atoms with E-state index in [1.807, 2.05) is 0 Å². The summed E-state index contributed by atoms with van der Waals surface area (Å²) < 4.78 is 25.8. The summed E-state index contributed by atoms with van der Waals surface area (Å²) in [4.78, 5) is 9.74. The second kappa shape index (κ2) is 4.54. The van der Waals surface area contributed by atoms with Crippen molar-refractivity contribution < 1.29 is 13.6 Å². The molecule has 1 amide bonds. The number of hydrogen-bond acceptors (Lipinski definition) is 1. The summed E-state index contributed by atoms with van der Waals surface area (Å²) in [6.07, 6.45) is 1.56. The quantitative estimate of drug-likeness (QED) is 0.552. The number of halogens is 2. The highest BCUT2D eigenvalue weighted by molar-refractivity contribution is 5.47. The predicted molar refractivity (Wildman–Crippen MR) is 43.8 cm³/mol. The second-order valence-corrected chi connectivity index (χ2v) is 2.48. The van der Waals surface area contributed by atoms with Crippen molar-refractivity contribution in [3.05, 3.63) is 35.4 Å². The third-order valence-corrected chi connectivity index (χ3v) is 1.63. The van der Waals surface area contributed by atoms with E-state index in [2.05, 4.69) is 5.32 Å². The van der Waals surface area contributed by atoms with Gasteiger partial charge in [-0.15, -0.1) is 0 Å². The molecule has 0 fully saturated rings. The highest BCUT2D eigenvalue weighted by Gasteiger charge is 2.06. The number of rotatable bonds is 4. The number of hydrogen-bond donors (Lipinski definition) is 1. The molecule has 0 unspecified atom stereocenters. The molecule has 0 aromatic heterocycles. The Hall–Kier alpha value is -1.45. The lowest BCUT2D eigenvalue weighted by molar-refractivity contribution is 0.533. The molecule has 1 rings (SSSR count). The van der Waals surface area contributed by atoms with E-state index in [4.69, 9.17) is 0 Å². The molecule has 1 radical (unpaired) electrons. The molecule has 4 heteroatoms. The normalized spacial score (nSPS) is 9.69. The molecule has 1 aromatic carbocycles. The predicted octanol–water partition coefficient (Wildman–Crippen LogP) is 1.16. The summed E-state index contributed by atoms with van der Waals surface area (Å²) in [6.45, 7) is 0.182. The molecule has 0 aliphatic carbocycles. The van der Waals surface area contributed by atoms with Crippen molar-refractivity contribution in [2.45, 2.75) is 6.42 Å². The van der Waals surface area contributed by atoms with Gasteiger partial charge in [-0.25, -0.2) is 8.78 Å². The lowest BCUT2D eigenvalue weighted by atomic mass is 10.1. The first-order valence-electron chi connectivity index (χ1n) is 3.78. The minimum atomic E-state index is -0.590. The van der Waals surface area contributed by atoms with Gasteiger partial charge in [0.25, 0.3) is 0 Å². The molecule has 0 bridgehead atoms. The highest BCUT2D eigenvalue weighted by atomic mass is 19.1. The van der Waals surface area contributed by atoms with E-state index < -0.39 is 11.6 Å². The first-order valence-corrected chi connectivity index (χ1v) is 3.78. The zero-order valence-electron chi connectivity index (χ0n) is 6.81. The first kappa shape index (κ1) is 9.64. The van der Waals surface area contributed by atoms with Gasteiger partial charge in [0, 0.05) is 12.1 Å². The van der Waals surface area contributed by atoms with Crippen LogP contribution in [0.5, 0.6) is 0 Å². The molecule has 2 nitrogen and oxygen atoms in total. The number of amides is 1. The molecule has 0 atom stereocenters. The maximum atomic E-state index is 12.9. The summed E-state index contributed by atoms with van der Waals surface area (Å²) in [6, 6.07) is 3.67. The van der Waals surface area contributed by atoms with Gasteiger partial charge in [0.05, 0.1) is 0 Å². The summed E-state index contributed by atoms with van der Waals surface area (Å²) in [5.74, 6) is -1.18. The van der Waals surface area contributed by atoms with Crippen LogP contribution in [-0.4, -0.2) is 13.0 Å². The molecule has 0 aliphatic heterocycles. The van der Waals surface area contributed by atoms with Crippen molar-refractivity contribution in [2.24, 2.45) is 0 Å². The molecule has 0 heterocycles. The van der Waals surface area contributed by atoms with Crippen LogP contribution in [0.3, 0.4) is 0 Å². The van der Waals surface area contributed by atoms with E-state index in [1.54, 1.807) is 0 Å². The van der Waals surface area contributed by atoms with Crippen LogP contribution in [0.2, 0.25) is 0 Å². The van der Waals surface area contributed by atoms with Gasteiger partial charge >= 0.3 is 6.41 Å². The van der Waals surface area contributed by atoms with E-state index >= 15 is 0 Å². The van der Waals surface area contributed by atoms with Crippen LogP contribution < -0.4 is 5.32 Å². The van der Waals surface area contributed by atoms with Crippen LogP contribution in [-0.2, 0) is 11.2 Å². The van der Waals surface area contributed by atoms with Crippen LogP contribution in [0.1, 0.15) is 5.56 Å². The Morgan fingerprint density at radius 1 is 1.31 bits per heavy atom. The van der Waals surface area contributed by atoms with E-state index in [1.165, 1.54) is 24.6 Å². The number of carbonyl (C=O) groups excluding carboxylic acids is 1. The Morgan fingerprint density at radius 3 is 2.46 bits per heavy atom. The summed E-state index contributed by atoms with van der Waals surface area (Å²) in [5.41, 5.74) is -0.00903. The van der Waals surface area contributed by atoms with E-state index in [-0.39, 0.29) is 18.5 Å². The van der Waals surface area contributed by atoms with Crippen molar-refractivity contribution in [1.29, 1.82) is 0 Å². The Labute approximate surface area is 74.6 Å². The molecule has 0 spiro atoms. The van der Waals surface area contributed by atoms with Crippen LogP contribution in [0.15, 0.2) is 18.2 Å². The van der Waals surface area contributed by atoms with Gasteiger partial charge in [0.2, 0.25) is 0 Å². The molecule has 0 saturated heterocycles. The molecular weight excluding hydrogens is 176 g/mol. The van der Waals surface area contributed by atoms with Crippen molar-refractivity contribution in [1.82, 2.24) is 5.32 Å². The molecule has 13 heavy (non-hydrogen) atoms. The Kier molecular flexibility index (Phi) is 3.37. The summed E-state index contributed by atoms with van der Waals surface area (Å²) >= 11 is 0. The molecular formula is C9H8F2NO. The fourth-order valence-corrected chi connectivity index (χ4v) is 1.01. The smallest absolute Gasteiger partial charge is 0.309 e. The van der Waals surface area contributed by atoms with E-state index in [9.17, 15) is 13.6 Å². The SMILES string of the molecule is O=[C]NCCc1c(F)cccc1F.